The van der Waals surface area contributed by atoms with E-state index in [0.29, 0.717) is 25.8 Å². The summed E-state index contributed by atoms with van der Waals surface area (Å²) in [7, 11) is 0. The van der Waals surface area contributed by atoms with Crippen molar-refractivity contribution in [1.29, 1.82) is 0 Å². The van der Waals surface area contributed by atoms with Crippen molar-refractivity contribution >= 4 is 23.9 Å². The number of unbranched alkanes of at least 4 members (excludes halogenated alkanes) is 1. The fourth-order valence-corrected chi connectivity index (χ4v) is 5.02. The number of carboxylic acids is 2. The molecule has 11 heteroatoms. The maximum atomic E-state index is 13.7. The van der Waals surface area contributed by atoms with Gasteiger partial charge in [-0.05, 0) is 69.7 Å². The van der Waals surface area contributed by atoms with E-state index in [1.807, 2.05) is 68.4 Å². The number of ether oxygens (including phenoxy) is 1. The van der Waals surface area contributed by atoms with Crippen LogP contribution in [-0.2, 0) is 38.5 Å². The Labute approximate surface area is 260 Å². The molecule has 0 saturated heterocycles. The van der Waals surface area contributed by atoms with Gasteiger partial charge in [-0.1, -0.05) is 61.0 Å². The van der Waals surface area contributed by atoms with Gasteiger partial charge in [0.1, 0.15) is 12.1 Å². The average Bonchev–Trinajstić information content (AvgIpc) is 3.00. The summed E-state index contributed by atoms with van der Waals surface area (Å²) >= 11 is 0. The molecule has 0 bridgehead atoms. The monoisotopic (exact) mass is 612 g/mol. The maximum Gasteiger partial charge on any atom is 0.326 e. The van der Waals surface area contributed by atoms with Crippen LogP contribution >= 0.6 is 0 Å². The number of carbonyl (C=O) groups excluding carboxylic acids is 2. The molecule has 0 spiro atoms. The van der Waals surface area contributed by atoms with Crippen LogP contribution in [0.3, 0.4) is 0 Å². The Kier molecular flexibility index (Phi) is 15.4. The van der Waals surface area contributed by atoms with Gasteiger partial charge in [0.25, 0.3) is 0 Å². The number of hydrogen-bond donors (Lipinski definition) is 4. The molecule has 0 radical (unpaired) electrons. The number of fused-ring (bicyclic) bond motifs is 1. The third kappa shape index (κ3) is 11.3. The summed E-state index contributed by atoms with van der Waals surface area (Å²) in [6, 6.07) is 15.2. The fourth-order valence-electron chi connectivity index (χ4n) is 5.02. The smallest absolute Gasteiger partial charge is 0.326 e. The van der Waals surface area contributed by atoms with Crippen LogP contribution in [0.25, 0.3) is 0 Å². The van der Waals surface area contributed by atoms with Crippen molar-refractivity contribution in [3.05, 3.63) is 71.3 Å². The summed E-state index contributed by atoms with van der Waals surface area (Å²) in [5.41, 5.74) is 13.4. The van der Waals surface area contributed by atoms with Gasteiger partial charge in [-0.15, -0.1) is 0 Å². The molecule has 0 fully saturated rings. The van der Waals surface area contributed by atoms with Gasteiger partial charge >= 0.3 is 23.9 Å². The number of nitrogens with zero attached hydrogens (tertiary/aromatic N) is 2. The van der Waals surface area contributed by atoms with Gasteiger partial charge in [-0.3, -0.25) is 9.59 Å². The highest BCUT2D eigenvalue weighted by Gasteiger charge is 2.38. The quantitative estimate of drug-likeness (QED) is 0.183. The minimum absolute atomic E-state index is 0.173. The van der Waals surface area contributed by atoms with Crippen molar-refractivity contribution in [3.8, 4) is 0 Å². The molecule has 3 rings (SSSR count). The largest absolute Gasteiger partial charge is 0.480 e. The molecule has 2 amide bonds. The Morgan fingerprint density at radius 2 is 1.61 bits per heavy atom. The zero-order chi connectivity index (χ0) is 32.6. The molecule has 2 aromatic rings. The average molecular weight is 613 g/mol. The second kappa shape index (κ2) is 18.6. The first-order valence-corrected chi connectivity index (χ1v) is 15.3. The number of rotatable bonds is 14. The Hall–Kier alpha value is -3.96. The van der Waals surface area contributed by atoms with Gasteiger partial charge in [0.2, 0.25) is 0 Å². The first kappa shape index (κ1) is 36.2. The van der Waals surface area contributed by atoms with E-state index < -0.39 is 29.9 Å². The number of urea groups is 1. The van der Waals surface area contributed by atoms with Crippen LogP contribution < -0.4 is 11.5 Å². The lowest BCUT2D eigenvalue weighted by molar-refractivity contribution is -0.149. The molecule has 1 heterocycles. The molecule has 0 aromatic heterocycles. The minimum Gasteiger partial charge on any atom is -0.480 e. The number of amides is 2. The normalized spacial score (nSPS) is 15.3. The molecule has 3 atom stereocenters. The van der Waals surface area contributed by atoms with E-state index in [9.17, 15) is 24.3 Å². The summed E-state index contributed by atoms with van der Waals surface area (Å²) in [5.74, 6) is -2.81. The van der Waals surface area contributed by atoms with E-state index in [4.69, 9.17) is 21.3 Å². The van der Waals surface area contributed by atoms with Crippen molar-refractivity contribution in [2.45, 2.75) is 84.0 Å². The SMILES string of the molecule is CCOC(=O)[C@@H](CCc1ccccc1)CN(C(=O)N1Cc2ccccc2C[C@H]1C(=O)O)C(C)C.NCCCC[C@H](N)C(=O)O. The van der Waals surface area contributed by atoms with Crippen molar-refractivity contribution in [3.63, 3.8) is 0 Å². The van der Waals surface area contributed by atoms with E-state index in [2.05, 4.69) is 0 Å². The molecule has 6 N–H and O–H groups in total. The Morgan fingerprint density at radius 1 is 0.977 bits per heavy atom. The third-order valence-electron chi connectivity index (χ3n) is 7.60. The molecular formula is C33H48N4O7. The van der Waals surface area contributed by atoms with Crippen molar-refractivity contribution in [2.24, 2.45) is 17.4 Å². The number of carboxylic acid groups (broad SMARTS) is 2. The van der Waals surface area contributed by atoms with E-state index >= 15 is 0 Å². The number of hydrogen-bond acceptors (Lipinski definition) is 7. The Bertz CT molecular complexity index is 1210. The van der Waals surface area contributed by atoms with Crippen LogP contribution in [0.4, 0.5) is 4.79 Å². The first-order valence-electron chi connectivity index (χ1n) is 15.3. The third-order valence-corrected chi connectivity index (χ3v) is 7.60. The van der Waals surface area contributed by atoms with Crippen molar-refractivity contribution in [1.82, 2.24) is 9.80 Å². The van der Waals surface area contributed by atoms with Crippen LogP contribution in [-0.4, -0.2) is 81.8 Å². The van der Waals surface area contributed by atoms with Crippen LogP contribution in [0.1, 0.15) is 63.1 Å². The van der Waals surface area contributed by atoms with Gasteiger partial charge in [-0.25, -0.2) is 9.59 Å². The van der Waals surface area contributed by atoms with Gasteiger partial charge in [0, 0.05) is 25.6 Å². The maximum absolute atomic E-state index is 13.7. The zero-order valence-electron chi connectivity index (χ0n) is 26.1. The molecule has 0 saturated carbocycles. The lowest BCUT2D eigenvalue weighted by atomic mass is 9.94. The number of aliphatic carboxylic acids is 2. The van der Waals surface area contributed by atoms with Crippen LogP contribution in [0.15, 0.2) is 54.6 Å². The summed E-state index contributed by atoms with van der Waals surface area (Å²) in [4.78, 5) is 51.7. The Morgan fingerprint density at radius 3 is 2.18 bits per heavy atom. The van der Waals surface area contributed by atoms with Gasteiger partial charge in [0.05, 0.1) is 12.5 Å². The van der Waals surface area contributed by atoms with Crippen LogP contribution in [0.5, 0.6) is 0 Å². The number of benzene rings is 2. The molecule has 1 aliphatic heterocycles. The fraction of sp³-hybridized carbons (Fsp3) is 0.515. The minimum atomic E-state index is -1.03. The van der Waals surface area contributed by atoms with Gasteiger partial charge in [0.15, 0.2) is 0 Å². The predicted molar refractivity (Wildman–Crippen MR) is 168 cm³/mol. The molecule has 1 aliphatic rings. The van der Waals surface area contributed by atoms with Crippen LogP contribution in [0.2, 0.25) is 0 Å². The molecule has 44 heavy (non-hydrogen) atoms. The van der Waals surface area contributed by atoms with E-state index in [0.717, 1.165) is 29.5 Å². The van der Waals surface area contributed by atoms with Crippen molar-refractivity contribution < 1.29 is 34.1 Å². The lowest BCUT2D eigenvalue weighted by Gasteiger charge is -2.40. The van der Waals surface area contributed by atoms with Gasteiger partial charge < -0.3 is 36.2 Å². The topological polar surface area (TPSA) is 176 Å². The zero-order valence-corrected chi connectivity index (χ0v) is 26.1. The molecule has 2 aromatic carbocycles. The molecule has 242 valence electrons. The van der Waals surface area contributed by atoms with Crippen LogP contribution in [0, 0.1) is 5.92 Å². The molecule has 11 nitrogen and oxygen atoms in total. The predicted octanol–water partition coefficient (Wildman–Crippen LogP) is 3.67. The van der Waals surface area contributed by atoms with E-state index in [1.165, 1.54) is 4.90 Å². The standard InChI is InChI=1S/C27H34N2O5.C6H14N2O2/c1-4-34-26(32)23(15-14-20-10-6-5-7-11-20)18-28(19(2)3)27(33)29-17-22-13-9-8-12-21(22)16-24(29)25(30)31;7-4-2-1-3-5(8)6(9)10/h5-13,19,23-24H,4,14-18H2,1-3H3,(H,30,31);5H,1-4,7-8H2,(H,9,10)/t23-,24-;5-/m00/s1. The number of esters is 1. The van der Waals surface area contributed by atoms with E-state index in [1.54, 1.807) is 11.8 Å². The summed E-state index contributed by atoms with van der Waals surface area (Å²) in [6.45, 7) is 6.79. The molecular weight excluding hydrogens is 564 g/mol. The number of carbonyl (C=O) groups is 4. The number of aryl methyl sites for hydroxylation is 1. The number of nitrogens with two attached hydrogens (primary N) is 2. The summed E-state index contributed by atoms with van der Waals surface area (Å²) in [5, 5.41) is 18.2. The highest BCUT2D eigenvalue weighted by Crippen LogP contribution is 2.26. The molecule has 0 unspecified atom stereocenters. The highest BCUT2D eigenvalue weighted by atomic mass is 16.5. The summed E-state index contributed by atoms with van der Waals surface area (Å²) in [6.07, 6.45) is 3.64. The second-order valence-corrected chi connectivity index (χ2v) is 11.2. The Balaban J connectivity index is 0.000000580. The summed E-state index contributed by atoms with van der Waals surface area (Å²) < 4.78 is 5.32. The lowest BCUT2D eigenvalue weighted by Crippen LogP contribution is -2.56. The molecule has 0 aliphatic carbocycles. The first-order chi connectivity index (χ1) is 21.0. The van der Waals surface area contributed by atoms with E-state index in [-0.39, 0.29) is 44.2 Å². The second-order valence-electron chi connectivity index (χ2n) is 11.2. The highest BCUT2D eigenvalue weighted by molar-refractivity contribution is 5.84. The van der Waals surface area contributed by atoms with Gasteiger partial charge in [-0.2, -0.15) is 0 Å². The van der Waals surface area contributed by atoms with Crippen molar-refractivity contribution in [2.75, 3.05) is 19.7 Å².